The van der Waals surface area contributed by atoms with Crippen LogP contribution in [-0.2, 0) is 14.9 Å². The molecular weight excluding hydrogens is 425 g/mol. The maximum absolute atomic E-state index is 13.2. The Bertz CT molecular complexity index is 594. The number of halogens is 1. The Morgan fingerprint density at radius 2 is 1.60 bits per heavy atom. The zero-order chi connectivity index (χ0) is 16.8. The van der Waals surface area contributed by atoms with Crippen LogP contribution in [0, 0.1) is 0 Å². The summed E-state index contributed by atoms with van der Waals surface area (Å²) in [4.78, 5) is 13.2. The van der Waals surface area contributed by atoms with Crippen LogP contribution in [0.4, 0.5) is 0 Å². The number of hydrogen-bond donors (Lipinski definition) is 0. The molecule has 138 valence electrons. The van der Waals surface area contributed by atoms with Crippen LogP contribution in [-0.4, -0.2) is 42.7 Å². The zero-order valence-corrected chi connectivity index (χ0v) is 17.6. The van der Waals surface area contributed by atoms with Crippen molar-refractivity contribution in [2.45, 2.75) is 75.0 Å². The van der Waals surface area contributed by atoms with Crippen LogP contribution in [0.3, 0.4) is 0 Å². The van der Waals surface area contributed by atoms with Crippen molar-refractivity contribution < 1.29 is 38.0 Å². The quantitative estimate of drug-likeness (QED) is 0.383. The molecule has 2 aliphatic heterocycles. The number of carbonyl (C=O) groups excluding carboxylic acids is 1. The summed E-state index contributed by atoms with van der Waals surface area (Å²) >= 11 is 0. The van der Waals surface area contributed by atoms with Gasteiger partial charge in [-0.1, -0.05) is 43.2 Å². The van der Waals surface area contributed by atoms with E-state index in [9.17, 15) is 4.79 Å². The SMILES string of the molecule is C[N+]1(C)[C@@H]2CC[C@H]1CC(OC(=O)C1(c3ccccc3)CCCC1)C2.[I-]. The van der Waals surface area contributed by atoms with E-state index in [4.69, 9.17) is 4.74 Å². The molecule has 4 heteroatoms. The molecule has 0 radical (unpaired) electrons. The van der Waals surface area contributed by atoms with E-state index in [0.717, 1.165) is 48.6 Å². The van der Waals surface area contributed by atoms with Crippen LogP contribution >= 0.6 is 0 Å². The molecule has 1 unspecified atom stereocenters. The van der Waals surface area contributed by atoms with E-state index in [1.54, 1.807) is 0 Å². The van der Waals surface area contributed by atoms with E-state index in [-0.39, 0.29) is 41.5 Å². The smallest absolute Gasteiger partial charge is 0.316 e. The minimum atomic E-state index is -0.387. The van der Waals surface area contributed by atoms with Crippen molar-refractivity contribution in [2.24, 2.45) is 0 Å². The molecule has 1 aliphatic carbocycles. The maximum atomic E-state index is 13.2. The largest absolute Gasteiger partial charge is 1.00 e. The predicted molar refractivity (Wildman–Crippen MR) is 94.6 cm³/mol. The second kappa shape index (κ2) is 7.18. The number of nitrogens with zero attached hydrogens (tertiary/aromatic N) is 1. The van der Waals surface area contributed by atoms with Crippen molar-refractivity contribution in [3.8, 4) is 0 Å². The van der Waals surface area contributed by atoms with Gasteiger partial charge in [0, 0.05) is 25.7 Å². The fraction of sp³-hybridized carbons (Fsp3) is 0.667. The first kappa shape index (κ1) is 19.2. The second-order valence-electron chi connectivity index (χ2n) is 8.67. The normalized spacial score (nSPS) is 32.0. The first-order valence-corrected chi connectivity index (χ1v) is 9.62. The van der Waals surface area contributed by atoms with Gasteiger partial charge >= 0.3 is 5.97 Å². The van der Waals surface area contributed by atoms with Gasteiger partial charge in [0.05, 0.1) is 31.6 Å². The molecule has 0 amide bonds. The molecule has 2 heterocycles. The predicted octanol–water partition coefficient (Wildman–Crippen LogP) is 0.815. The molecule has 2 saturated heterocycles. The number of carbonyl (C=O) groups is 1. The average Bonchev–Trinajstić information content (AvgIpc) is 3.09. The average molecular weight is 455 g/mol. The molecule has 1 aromatic carbocycles. The number of ether oxygens (including phenoxy) is 1. The highest BCUT2D eigenvalue weighted by atomic mass is 127. The third-order valence-corrected chi connectivity index (χ3v) is 7.23. The van der Waals surface area contributed by atoms with Crippen molar-refractivity contribution in [3.63, 3.8) is 0 Å². The lowest BCUT2D eigenvalue weighted by atomic mass is 9.79. The molecule has 3 nitrogen and oxygen atoms in total. The molecule has 3 aliphatic rings. The van der Waals surface area contributed by atoms with Gasteiger partial charge in [0.25, 0.3) is 0 Å². The number of hydrogen-bond acceptors (Lipinski definition) is 2. The fourth-order valence-electron chi connectivity index (χ4n) is 5.54. The molecule has 3 atom stereocenters. The Balaban J connectivity index is 0.00000182. The third kappa shape index (κ3) is 3.25. The van der Waals surface area contributed by atoms with E-state index in [2.05, 4.69) is 26.2 Å². The van der Waals surface area contributed by atoms with Gasteiger partial charge in [-0.2, -0.15) is 0 Å². The van der Waals surface area contributed by atoms with Gasteiger partial charge in [-0.05, 0) is 18.4 Å². The van der Waals surface area contributed by atoms with Crippen molar-refractivity contribution in [2.75, 3.05) is 14.1 Å². The summed E-state index contributed by atoms with van der Waals surface area (Å²) < 4.78 is 7.28. The first-order valence-electron chi connectivity index (χ1n) is 9.62. The molecule has 3 fully saturated rings. The molecule has 0 aromatic heterocycles. The van der Waals surface area contributed by atoms with Gasteiger partial charge in [0.1, 0.15) is 6.10 Å². The molecule has 0 spiro atoms. The Kier molecular flexibility index (Phi) is 5.50. The van der Waals surface area contributed by atoms with Crippen molar-refractivity contribution in [1.82, 2.24) is 0 Å². The van der Waals surface area contributed by atoms with Gasteiger partial charge in [0.2, 0.25) is 0 Å². The standard InChI is InChI=1S/C21H30NO2.HI/c1-22(2)17-10-11-18(22)15-19(14-17)24-20(23)21(12-6-7-13-21)16-8-4-3-5-9-16;/h3-5,8-9,17-19H,6-7,10-15H2,1-2H3;1H/q+1;/p-1/t17-,18+,19?;. The van der Waals surface area contributed by atoms with Crippen LogP contribution in [0.2, 0.25) is 0 Å². The second-order valence-corrected chi connectivity index (χ2v) is 8.67. The monoisotopic (exact) mass is 455 g/mol. The summed E-state index contributed by atoms with van der Waals surface area (Å²) in [6.07, 6.45) is 8.93. The van der Waals surface area contributed by atoms with Gasteiger partial charge in [-0.25, -0.2) is 0 Å². The lowest BCUT2D eigenvalue weighted by Gasteiger charge is -2.44. The minimum absolute atomic E-state index is 0. The molecule has 1 saturated carbocycles. The van der Waals surface area contributed by atoms with E-state index in [0.29, 0.717) is 12.1 Å². The number of quaternary nitrogens is 1. The van der Waals surface area contributed by atoms with Gasteiger partial charge in [-0.3, -0.25) is 4.79 Å². The van der Waals surface area contributed by atoms with Crippen LogP contribution in [0.15, 0.2) is 30.3 Å². The van der Waals surface area contributed by atoms with Gasteiger partial charge < -0.3 is 33.2 Å². The van der Waals surface area contributed by atoms with Crippen molar-refractivity contribution >= 4 is 5.97 Å². The first-order chi connectivity index (χ1) is 11.5. The number of benzene rings is 1. The van der Waals surface area contributed by atoms with Crippen LogP contribution < -0.4 is 24.0 Å². The summed E-state index contributed by atoms with van der Waals surface area (Å²) in [5.41, 5.74) is 0.768. The molecule has 2 bridgehead atoms. The van der Waals surface area contributed by atoms with Crippen LogP contribution in [0.1, 0.15) is 56.9 Å². The van der Waals surface area contributed by atoms with E-state index < -0.39 is 0 Å². The highest BCUT2D eigenvalue weighted by molar-refractivity contribution is 5.83. The fourth-order valence-corrected chi connectivity index (χ4v) is 5.54. The number of esters is 1. The zero-order valence-electron chi connectivity index (χ0n) is 15.4. The Morgan fingerprint density at radius 1 is 1.04 bits per heavy atom. The highest BCUT2D eigenvalue weighted by Gasteiger charge is 2.51. The van der Waals surface area contributed by atoms with E-state index in [1.807, 2.05) is 18.2 Å². The molecule has 1 aromatic rings. The third-order valence-electron chi connectivity index (χ3n) is 7.23. The summed E-state index contributed by atoms with van der Waals surface area (Å²) in [5.74, 6) is 0.0443. The van der Waals surface area contributed by atoms with Gasteiger partial charge in [0.15, 0.2) is 0 Å². The Labute approximate surface area is 168 Å². The van der Waals surface area contributed by atoms with Crippen LogP contribution in [0.25, 0.3) is 0 Å². The summed E-state index contributed by atoms with van der Waals surface area (Å²) in [5, 5.41) is 0. The number of rotatable bonds is 3. The minimum Gasteiger partial charge on any atom is -1.00 e. The summed E-state index contributed by atoms with van der Waals surface area (Å²) in [7, 11) is 4.70. The lowest BCUT2D eigenvalue weighted by molar-refractivity contribution is -0.931. The maximum Gasteiger partial charge on any atom is 0.316 e. The molecule has 4 rings (SSSR count). The molecular formula is C21H30INO2. The topological polar surface area (TPSA) is 26.3 Å². The molecule has 0 N–H and O–H groups in total. The summed E-state index contributed by atoms with van der Waals surface area (Å²) in [6, 6.07) is 11.7. The lowest BCUT2D eigenvalue weighted by Crippen LogP contribution is -3.00. The molecule has 25 heavy (non-hydrogen) atoms. The number of piperidine rings is 1. The van der Waals surface area contributed by atoms with E-state index in [1.165, 1.54) is 12.8 Å². The van der Waals surface area contributed by atoms with Crippen molar-refractivity contribution in [3.05, 3.63) is 35.9 Å². The Hall–Kier alpha value is -0.620. The number of fused-ring (bicyclic) bond motifs is 2. The highest BCUT2D eigenvalue weighted by Crippen LogP contribution is 2.45. The van der Waals surface area contributed by atoms with E-state index >= 15 is 0 Å². The Morgan fingerprint density at radius 3 is 2.16 bits per heavy atom. The van der Waals surface area contributed by atoms with Crippen LogP contribution in [0.5, 0.6) is 0 Å². The summed E-state index contributed by atoms with van der Waals surface area (Å²) in [6.45, 7) is 0. The van der Waals surface area contributed by atoms with Gasteiger partial charge in [-0.15, -0.1) is 0 Å². The van der Waals surface area contributed by atoms with Crippen molar-refractivity contribution in [1.29, 1.82) is 0 Å².